The Labute approximate surface area is 149 Å². The number of hydrogen-bond donors (Lipinski definition) is 1. The largest absolute Gasteiger partial charge is 0.478 e. The zero-order valence-electron chi connectivity index (χ0n) is 13.6. The van der Waals surface area contributed by atoms with E-state index in [2.05, 4.69) is 15.2 Å². The molecule has 2 aromatic heterocycles. The van der Waals surface area contributed by atoms with Crippen molar-refractivity contribution in [3.63, 3.8) is 0 Å². The predicted octanol–water partition coefficient (Wildman–Crippen LogP) is 5.11. The fourth-order valence-corrected chi connectivity index (χ4v) is 2.71. The van der Waals surface area contributed by atoms with E-state index in [1.807, 2.05) is 59.1 Å². The average molecular weight is 342 g/mol. The number of carbonyl (C=O) groups is 1. The van der Waals surface area contributed by atoms with Crippen molar-refractivity contribution in [3.8, 4) is 11.3 Å². The second-order valence-electron chi connectivity index (χ2n) is 5.60. The number of azo groups is 1. The van der Waals surface area contributed by atoms with Gasteiger partial charge in [-0.2, -0.15) is 0 Å². The summed E-state index contributed by atoms with van der Waals surface area (Å²) in [6, 6.07) is 21.9. The lowest BCUT2D eigenvalue weighted by Crippen LogP contribution is -1.95. The van der Waals surface area contributed by atoms with Crippen LogP contribution in [0.4, 0.5) is 11.5 Å². The molecule has 1 N–H and O–H groups in total. The van der Waals surface area contributed by atoms with E-state index in [0.717, 1.165) is 11.2 Å². The molecule has 0 aliphatic carbocycles. The SMILES string of the molecule is O=C(O)c1ccccc1N=Nc1c(-c2ccccc2)nc2ccccn12. The summed E-state index contributed by atoms with van der Waals surface area (Å²) in [6.07, 6.45) is 1.85. The molecule has 6 heteroatoms. The van der Waals surface area contributed by atoms with Gasteiger partial charge in [0.1, 0.15) is 17.0 Å². The lowest BCUT2D eigenvalue weighted by Gasteiger charge is -2.01. The number of hydrogen-bond acceptors (Lipinski definition) is 4. The van der Waals surface area contributed by atoms with E-state index in [4.69, 9.17) is 0 Å². The highest BCUT2D eigenvalue weighted by molar-refractivity contribution is 5.93. The van der Waals surface area contributed by atoms with E-state index in [9.17, 15) is 9.90 Å². The maximum Gasteiger partial charge on any atom is 0.337 e. The van der Waals surface area contributed by atoms with Crippen LogP contribution in [0.5, 0.6) is 0 Å². The molecular weight excluding hydrogens is 328 g/mol. The summed E-state index contributed by atoms with van der Waals surface area (Å²) in [4.78, 5) is 16.0. The van der Waals surface area contributed by atoms with Crippen molar-refractivity contribution in [1.82, 2.24) is 9.38 Å². The molecule has 0 saturated heterocycles. The van der Waals surface area contributed by atoms with Crippen molar-refractivity contribution in [2.24, 2.45) is 10.2 Å². The second kappa shape index (κ2) is 6.60. The van der Waals surface area contributed by atoms with Gasteiger partial charge in [0, 0.05) is 11.8 Å². The molecule has 0 unspecified atom stereocenters. The second-order valence-corrected chi connectivity index (χ2v) is 5.60. The topological polar surface area (TPSA) is 79.3 Å². The van der Waals surface area contributed by atoms with Gasteiger partial charge in [-0.25, -0.2) is 9.78 Å². The Bertz CT molecular complexity index is 1120. The van der Waals surface area contributed by atoms with Crippen LogP contribution < -0.4 is 0 Å². The smallest absolute Gasteiger partial charge is 0.337 e. The average Bonchev–Trinajstić information content (AvgIpc) is 3.06. The minimum atomic E-state index is -1.04. The quantitative estimate of drug-likeness (QED) is 0.523. The third-order valence-corrected chi connectivity index (χ3v) is 3.94. The van der Waals surface area contributed by atoms with E-state index in [1.165, 1.54) is 6.07 Å². The molecule has 126 valence electrons. The monoisotopic (exact) mass is 342 g/mol. The highest BCUT2D eigenvalue weighted by Gasteiger charge is 2.14. The standard InChI is InChI=1S/C20H14N4O2/c25-20(26)15-10-4-5-11-16(15)22-23-19-18(14-8-2-1-3-9-14)21-17-12-6-7-13-24(17)19/h1-13H,(H,25,26). The summed E-state index contributed by atoms with van der Waals surface area (Å²) in [7, 11) is 0. The molecule has 0 fully saturated rings. The fraction of sp³-hybridized carbons (Fsp3) is 0. The van der Waals surface area contributed by atoms with Crippen LogP contribution in [0.25, 0.3) is 16.9 Å². The predicted molar refractivity (Wildman–Crippen MR) is 98.2 cm³/mol. The Balaban J connectivity index is 1.88. The number of carboxylic acids is 1. The molecule has 6 nitrogen and oxygen atoms in total. The van der Waals surface area contributed by atoms with E-state index in [-0.39, 0.29) is 5.56 Å². The first-order chi connectivity index (χ1) is 12.7. The number of pyridine rings is 1. The third-order valence-electron chi connectivity index (χ3n) is 3.94. The molecule has 2 heterocycles. The summed E-state index contributed by atoms with van der Waals surface area (Å²) >= 11 is 0. The molecule has 0 spiro atoms. The first kappa shape index (κ1) is 15.7. The van der Waals surface area contributed by atoms with Gasteiger partial charge in [-0.3, -0.25) is 4.40 Å². The van der Waals surface area contributed by atoms with Crippen LogP contribution in [0.1, 0.15) is 10.4 Å². The number of carboxylic acid groups (broad SMARTS) is 1. The minimum absolute atomic E-state index is 0.103. The van der Waals surface area contributed by atoms with Gasteiger partial charge >= 0.3 is 5.97 Å². The van der Waals surface area contributed by atoms with Gasteiger partial charge in [0.05, 0.1) is 5.56 Å². The highest BCUT2D eigenvalue weighted by atomic mass is 16.4. The maximum atomic E-state index is 11.4. The Morgan fingerprint density at radius 3 is 2.42 bits per heavy atom. The number of imidazole rings is 1. The lowest BCUT2D eigenvalue weighted by atomic mass is 10.1. The third kappa shape index (κ3) is 2.84. The number of rotatable bonds is 4. The molecule has 26 heavy (non-hydrogen) atoms. The van der Waals surface area contributed by atoms with Gasteiger partial charge < -0.3 is 5.11 Å². The van der Waals surface area contributed by atoms with Crippen molar-refractivity contribution < 1.29 is 9.90 Å². The highest BCUT2D eigenvalue weighted by Crippen LogP contribution is 2.32. The van der Waals surface area contributed by atoms with Gasteiger partial charge in [-0.15, -0.1) is 10.2 Å². The molecule has 4 rings (SSSR count). The molecule has 0 amide bonds. The van der Waals surface area contributed by atoms with Crippen LogP contribution >= 0.6 is 0 Å². The van der Waals surface area contributed by atoms with Gasteiger partial charge in [0.2, 0.25) is 0 Å². The Morgan fingerprint density at radius 2 is 1.62 bits per heavy atom. The molecule has 0 saturated carbocycles. The zero-order chi connectivity index (χ0) is 17.9. The van der Waals surface area contributed by atoms with E-state index in [1.54, 1.807) is 18.2 Å². The molecule has 2 aromatic carbocycles. The van der Waals surface area contributed by atoms with Crippen LogP contribution in [0, 0.1) is 0 Å². The van der Waals surface area contributed by atoms with Gasteiger partial charge in [-0.05, 0) is 24.3 Å². The van der Waals surface area contributed by atoms with Crippen LogP contribution in [0.3, 0.4) is 0 Å². The van der Waals surface area contributed by atoms with Crippen LogP contribution in [-0.4, -0.2) is 20.5 Å². The maximum absolute atomic E-state index is 11.4. The van der Waals surface area contributed by atoms with Crippen LogP contribution in [0.2, 0.25) is 0 Å². The molecular formula is C20H14N4O2. The summed E-state index contributed by atoms with van der Waals surface area (Å²) < 4.78 is 1.83. The normalized spacial score (nSPS) is 11.2. The van der Waals surface area contributed by atoms with Crippen molar-refractivity contribution in [3.05, 3.63) is 84.6 Å². The number of aromatic nitrogens is 2. The van der Waals surface area contributed by atoms with Crippen LogP contribution in [-0.2, 0) is 0 Å². The molecule has 0 atom stereocenters. The van der Waals surface area contributed by atoms with Gasteiger partial charge in [0.15, 0.2) is 5.82 Å². The van der Waals surface area contributed by atoms with Crippen molar-refractivity contribution in [2.75, 3.05) is 0 Å². The summed E-state index contributed by atoms with van der Waals surface area (Å²) in [5, 5.41) is 17.8. The summed E-state index contributed by atoms with van der Waals surface area (Å²) in [5.41, 5.74) is 2.74. The van der Waals surface area contributed by atoms with E-state index < -0.39 is 5.97 Å². The molecule has 0 radical (unpaired) electrons. The van der Waals surface area contributed by atoms with Gasteiger partial charge in [-0.1, -0.05) is 48.5 Å². The van der Waals surface area contributed by atoms with E-state index in [0.29, 0.717) is 17.2 Å². The minimum Gasteiger partial charge on any atom is -0.478 e. The Hall–Kier alpha value is -3.80. The first-order valence-corrected chi connectivity index (χ1v) is 8.00. The number of fused-ring (bicyclic) bond motifs is 1. The number of nitrogens with zero attached hydrogens (tertiary/aromatic N) is 4. The van der Waals surface area contributed by atoms with E-state index >= 15 is 0 Å². The Kier molecular flexibility index (Phi) is 3.99. The Morgan fingerprint density at radius 1 is 0.885 bits per heavy atom. The van der Waals surface area contributed by atoms with Crippen molar-refractivity contribution in [2.45, 2.75) is 0 Å². The summed E-state index contributed by atoms with van der Waals surface area (Å²) in [6.45, 7) is 0. The zero-order valence-corrected chi connectivity index (χ0v) is 13.6. The van der Waals surface area contributed by atoms with Gasteiger partial charge in [0.25, 0.3) is 0 Å². The number of benzene rings is 2. The molecule has 0 aliphatic heterocycles. The fourth-order valence-electron chi connectivity index (χ4n) is 2.71. The molecule has 0 aliphatic rings. The number of aromatic carboxylic acids is 1. The molecule has 4 aromatic rings. The molecule has 0 bridgehead atoms. The van der Waals surface area contributed by atoms with Crippen molar-refractivity contribution in [1.29, 1.82) is 0 Å². The van der Waals surface area contributed by atoms with Crippen molar-refractivity contribution >= 4 is 23.1 Å². The summed E-state index contributed by atoms with van der Waals surface area (Å²) in [5.74, 6) is -0.493. The lowest BCUT2D eigenvalue weighted by molar-refractivity contribution is 0.0697. The first-order valence-electron chi connectivity index (χ1n) is 8.00. The van der Waals surface area contributed by atoms with Crippen LogP contribution in [0.15, 0.2) is 89.2 Å².